The van der Waals surface area contributed by atoms with Crippen molar-refractivity contribution in [3.05, 3.63) is 82.8 Å². The fourth-order valence-electron chi connectivity index (χ4n) is 3.98. The van der Waals surface area contributed by atoms with E-state index in [-0.39, 0.29) is 6.04 Å². The SMILES string of the molecule is CCOc1cccc2c1OC(c1ccc(F)c(F)c1)N1N=C(c3ccc(C)o3)CC21. The van der Waals surface area contributed by atoms with E-state index >= 15 is 0 Å². The Hall–Kier alpha value is -3.35. The summed E-state index contributed by atoms with van der Waals surface area (Å²) < 4.78 is 45.3. The lowest BCUT2D eigenvalue weighted by Crippen LogP contribution is -2.34. The first kappa shape index (κ1) is 18.7. The molecule has 1 aromatic heterocycles. The number of nitrogens with zero attached hydrogens (tertiary/aromatic N) is 2. The van der Waals surface area contributed by atoms with Crippen molar-refractivity contribution in [2.75, 3.05) is 6.61 Å². The number of hydrazone groups is 1. The fraction of sp³-hybridized carbons (Fsp3) is 0.261. The molecular weight excluding hydrogens is 390 g/mol. The highest BCUT2D eigenvalue weighted by Gasteiger charge is 2.42. The van der Waals surface area contributed by atoms with Crippen molar-refractivity contribution in [3.63, 3.8) is 0 Å². The molecule has 0 saturated heterocycles. The number of furan rings is 1. The van der Waals surface area contributed by atoms with E-state index in [0.717, 1.165) is 29.2 Å². The van der Waals surface area contributed by atoms with Crippen molar-refractivity contribution in [2.45, 2.75) is 32.5 Å². The van der Waals surface area contributed by atoms with Crippen LogP contribution in [0, 0.1) is 18.6 Å². The summed E-state index contributed by atoms with van der Waals surface area (Å²) in [4.78, 5) is 0. The molecule has 2 unspecified atom stereocenters. The lowest BCUT2D eigenvalue weighted by Gasteiger charge is -2.38. The van der Waals surface area contributed by atoms with E-state index in [1.54, 1.807) is 5.01 Å². The summed E-state index contributed by atoms with van der Waals surface area (Å²) in [6, 6.07) is 13.1. The van der Waals surface area contributed by atoms with Crippen molar-refractivity contribution in [2.24, 2.45) is 5.10 Å². The number of hydrogen-bond donors (Lipinski definition) is 0. The maximum absolute atomic E-state index is 14.0. The predicted molar refractivity (Wildman–Crippen MR) is 107 cm³/mol. The van der Waals surface area contributed by atoms with Crippen LogP contribution in [0.3, 0.4) is 0 Å². The van der Waals surface area contributed by atoms with Gasteiger partial charge in [-0.15, -0.1) is 0 Å². The predicted octanol–water partition coefficient (Wildman–Crippen LogP) is 5.51. The Kier molecular flexibility index (Phi) is 4.46. The molecule has 0 saturated carbocycles. The van der Waals surface area contributed by atoms with Gasteiger partial charge in [0.1, 0.15) is 17.2 Å². The van der Waals surface area contributed by atoms with Crippen LogP contribution in [0.4, 0.5) is 8.78 Å². The first-order valence-electron chi connectivity index (χ1n) is 9.85. The van der Waals surface area contributed by atoms with Crippen LogP contribution in [0.5, 0.6) is 11.5 Å². The van der Waals surface area contributed by atoms with Crippen LogP contribution in [-0.4, -0.2) is 17.3 Å². The number of hydrogen-bond acceptors (Lipinski definition) is 5. The summed E-state index contributed by atoms with van der Waals surface area (Å²) >= 11 is 0. The Balaban J connectivity index is 1.62. The minimum absolute atomic E-state index is 0.146. The number of aryl methyl sites for hydroxylation is 1. The average molecular weight is 410 g/mol. The Morgan fingerprint density at radius 1 is 1.13 bits per heavy atom. The van der Waals surface area contributed by atoms with Crippen LogP contribution in [0.2, 0.25) is 0 Å². The number of halogens is 2. The van der Waals surface area contributed by atoms with Gasteiger partial charge in [0.25, 0.3) is 0 Å². The van der Waals surface area contributed by atoms with Crippen LogP contribution in [0.25, 0.3) is 0 Å². The number of benzene rings is 2. The average Bonchev–Trinajstić information content (AvgIpc) is 3.37. The second-order valence-corrected chi connectivity index (χ2v) is 7.31. The third-order valence-corrected chi connectivity index (χ3v) is 5.33. The molecule has 5 rings (SSSR count). The highest BCUT2D eigenvalue weighted by Crippen LogP contribution is 2.50. The molecule has 3 aromatic rings. The van der Waals surface area contributed by atoms with Gasteiger partial charge in [-0.1, -0.05) is 18.2 Å². The molecule has 5 nitrogen and oxygen atoms in total. The smallest absolute Gasteiger partial charge is 0.214 e. The van der Waals surface area contributed by atoms with Gasteiger partial charge in [0.05, 0.1) is 12.6 Å². The van der Waals surface area contributed by atoms with Crippen LogP contribution in [0.15, 0.2) is 58.0 Å². The molecule has 0 aliphatic carbocycles. The zero-order chi connectivity index (χ0) is 20.8. The van der Waals surface area contributed by atoms with E-state index in [2.05, 4.69) is 0 Å². The molecule has 0 radical (unpaired) electrons. The zero-order valence-electron chi connectivity index (χ0n) is 16.6. The third-order valence-electron chi connectivity index (χ3n) is 5.33. The molecule has 2 aliphatic heterocycles. The van der Waals surface area contributed by atoms with E-state index < -0.39 is 17.9 Å². The zero-order valence-corrected chi connectivity index (χ0v) is 16.6. The van der Waals surface area contributed by atoms with Gasteiger partial charge in [0, 0.05) is 17.5 Å². The maximum Gasteiger partial charge on any atom is 0.214 e. The topological polar surface area (TPSA) is 47.2 Å². The van der Waals surface area contributed by atoms with Gasteiger partial charge < -0.3 is 13.9 Å². The molecule has 3 heterocycles. The lowest BCUT2D eigenvalue weighted by molar-refractivity contribution is -0.0214. The highest BCUT2D eigenvalue weighted by atomic mass is 19.2. The van der Waals surface area contributed by atoms with Crippen molar-refractivity contribution in [3.8, 4) is 11.5 Å². The molecule has 154 valence electrons. The quantitative estimate of drug-likeness (QED) is 0.569. The van der Waals surface area contributed by atoms with Gasteiger partial charge in [-0.3, -0.25) is 0 Å². The van der Waals surface area contributed by atoms with E-state index in [1.807, 2.05) is 44.2 Å². The van der Waals surface area contributed by atoms with Crippen molar-refractivity contribution in [1.29, 1.82) is 0 Å². The summed E-state index contributed by atoms with van der Waals surface area (Å²) in [5, 5.41) is 6.54. The molecule has 2 atom stereocenters. The minimum Gasteiger partial charge on any atom is -0.490 e. The first-order valence-corrected chi connectivity index (χ1v) is 9.85. The van der Waals surface area contributed by atoms with Gasteiger partial charge >= 0.3 is 0 Å². The lowest BCUT2D eigenvalue weighted by atomic mass is 9.97. The molecule has 0 spiro atoms. The Morgan fingerprint density at radius 2 is 2.00 bits per heavy atom. The maximum atomic E-state index is 14.0. The minimum atomic E-state index is -0.929. The Bertz CT molecular complexity index is 1140. The molecule has 0 amide bonds. The largest absolute Gasteiger partial charge is 0.490 e. The second kappa shape index (κ2) is 7.16. The van der Waals surface area contributed by atoms with E-state index in [1.165, 1.54) is 6.07 Å². The van der Waals surface area contributed by atoms with Crippen molar-refractivity contribution in [1.82, 2.24) is 5.01 Å². The molecule has 0 N–H and O–H groups in total. The van der Waals surface area contributed by atoms with Gasteiger partial charge in [0.2, 0.25) is 6.23 Å². The summed E-state index contributed by atoms with van der Waals surface area (Å²) in [5.41, 5.74) is 2.18. The van der Waals surface area contributed by atoms with Crippen LogP contribution < -0.4 is 9.47 Å². The van der Waals surface area contributed by atoms with E-state index in [4.69, 9.17) is 19.0 Å². The summed E-state index contributed by atoms with van der Waals surface area (Å²) in [5.74, 6) is 0.866. The molecule has 0 fully saturated rings. The normalized spacial score (nSPS) is 19.7. The molecule has 7 heteroatoms. The van der Waals surface area contributed by atoms with Gasteiger partial charge in [0.15, 0.2) is 23.1 Å². The van der Waals surface area contributed by atoms with Crippen LogP contribution in [0.1, 0.15) is 48.3 Å². The van der Waals surface area contributed by atoms with Crippen molar-refractivity contribution < 1.29 is 22.7 Å². The molecule has 2 aromatic carbocycles. The first-order chi connectivity index (χ1) is 14.5. The molecule has 0 bridgehead atoms. The Morgan fingerprint density at radius 3 is 2.73 bits per heavy atom. The highest BCUT2D eigenvalue weighted by molar-refractivity contribution is 5.99. The summed E-state index contributed by atoms with van der Waals surface area (Å²) in [6.45, 7) is 4.26. The number of rotatable bonds is 4. The molecule has 2 aliphatic rings. The molecule has 30 heavy (non-hydrogen) atoms. The van der Waals surface area contributed by atoms with E-state index in [9.17, 15) is 8.78 Å². The number of para-hydroxylation sites is 1. The van der Waals surface area contributed by atoms with Gasteiger partial charge in [-0.05, 0) is 44.2 Å². The fourth-order valence-corrected chi connectivity index (χ4v) is 3.98. The summed E-state index contributed by atoms with van der Waals surface area (Å²) in [6.07, 6.45) is -0.133. The third kappa shape index (κ3) is 3.01. The number of fused-ring (bicyclic) bond motifs is 3. The molecular formula is C23H20F2N2O3. The van der Waals surface area contributed by atoms with Crippen LogP contribution >= 0.6 is 0 Å². The van der Waals surface area contributed by atoms with Crippen LogP contribution in [-0.2, 0) is 0 Å². The van der Waals surface area contributed by atoms with E-state index in [0.29, 0.717) is 35.9 Å². The number of ether oxygens (including phenoxy) is 2. The standard InChI is InChI=1S/C23H20F2N2O3/c1-3-28-21-6-4-5-15-19-12-18(20-10-7-13(2)29-20)26-27(19)23(30-22(15)21)14-8-9-16(24)17(25)11-14/h4-11,19,23H,3,12H2,1-2H3. The summed E-state index contributed by atoms with van der Waals surface area (Å²) in [7, 11) is 0. The monoisotopic (exact) mass is 410 g/mol. The van der Waals surface area contributed by atoms with Gasteiger partial charge in [-0.25, -0.2) is 13.8 Å². The van der Waals surface area contributed by atoms with Gasteiger partial charge in [-0.2, -0.15) is 5.10 Å². The van der Waals surface area contributed by atoms with Crippen molar-refractivity contribution >= 4 is 5.71 Å². The Labute approximate surface area is 172 Å². The second-order valence-electron chi connectivity index (χ2n) is 7.31.